The molecule has 1 unspecified atom stereocenters. The van der Waals surface area contributed by atoms with Gasteiger partial charge in [0.1, 0.15) is 0 Å². The summed E-state index contributed by atoms with van der Waals surface area (Å²) in [7, 11) is 1.57. The summed E-state index contributed by atoms with van der Waals surface area (Å²) < 4.78 is 11.5. The third kappa shape index (κ3) is 2.59. The Balaban J connectivity index is 1.92. The van der Waals surface area contributed by atoms with Gasteiger partial charge in [0.2, 0.25) is 0 Å². The summed E-state index contributed by atoms with van der Waals surface area (Å²) in [5, 5.41) is 23.3. The second-order valence-electron chi connectivity index (χ2n) is 5.79. The predicted molar refractivity (Wildman–Crippen MR) is 95.3 cm³/mol. The standard InChI is InChI=1S/C20H16NO4/c1-24-18-11-5-8-14-12-17(21(22)23)20(25-19(14)18)16-10-4-7-13-6-2-3-9-15(13)16/h2-12,20,22H,1H3/q-1. The van der Waals surface area contributed by atoms with Crippen molar-refractivity contribution < 1.29 is 14.7 Å². The zero-order valence-electron chi connectivity index (χ0n) is 13.5. The molecule has 3 aromatic rings. The molecule has 0 spiro atoms. The number of para-hydroxylation sites is 1. The number of methoxy groups -OCH3 is 1. The zero-order valence-corrected chi connectivity index (χ0v) is 13.5. The van der Waals surface area contributed by atoms with E-state index >= 15 is 0 Å². The number of hydroxylamine groups is 2. The lowest BCUT2D eigenvalue weighted by molar-refractivity contribution is -0.0245. The van der Waals surface area contributed by atoms with Crippen LogP contribution >= 0.6 is 0 Å². The van der Waals surface area contributed by atoms with E-state index in [1.54, 1.807) is 31.4 Å². The molecular formula is C20H16NO4-. The third-order valence-electron chi connectivity index (χ3n) is 4.36. The van der Waals surface area contributed by atoms with Crippen molar-refractivity contribution in [3.63, 3.8) is 0 Å². The van der Waals surface area contributed by atoms with Crippen LogP contribution in [0.1, 0.15) is 17.2 Å². The van der Waals surface area contributed by atoms with Crippen LogP contribution in [0.2, 0.25) is 0 Å². The number of nitrogens with zero attached hydrogens (tertiary/aromatic N) is 1. The van der Waals surface area contributed by atoms with Crippen molar-refractivity contribution in [1.29, 1.82) is 0 Å². The van der Waals surface area contributed by atoms with E-state index in [9.17, 15) is 10.4 Å². The number of benzene rings is 3. The van der Waals surface area contributed by atoms with Crippen molar-refractivity contribution in [2.45, 2.75) is 6.10 Å². The summed E-state index contributed by atoms with van der Waals surface area (Å²) in [6, 6.07) is 19.0. The Morgan fingerprint density at radius 2 is 1.80 bits per heavy atom. The van der Waals surface area contributed by atoms with E-state index in [0.717, 1.165) is 16.3 Å². The summed E-state index contributed by atoms with van der Waals surface area (Å²) in [4.78, 5) is 0. The quantitative estimate of drug-likeness (QED) is 0.714. The Bertz CT molecular complexity index is 960. The minimum Gasteiger partial charge on any atom is -0.734 e. The fraction of sp³-hybridized carbons (Fsp3) is 0.100. The molecule has 1 heterocycles. The maximum Gasteiger partial charge on any atom is 0.169 e. The molecule has 5 heteroatoms. The second-order valence-corrected chi connectivity index (χ2v) is 5.79. The normalized spacial score (nSPS) is 16.0. The molecule has 4 rings (SSSR count). The molecule has 0 radical (unpaired) electrons. The van der Waals surface area contributed by atoms with Gasteiger partial charge in [-0.3, -0.25) is 5.21 Å². The fourth-order valence-corrected chi connectivity index (χ4v) is 3.20. The van der Waals surface area contributed by atoms with E-state index < -0.39 is 6.10 Å². The minimum atomic E-state index is -0.739. The SMILES string of the molecule is COc1cccc2c1OC(c1cccc3ccccc13)C(N([O-])O)=C2. The molecule has 1 atom stereocenters. The first-order valence-corrected chi connectivity index (χ1v) is 7.88. The fourth-order valence-electron chi connectivity index (χ4n) is 3.20. The molecule has 25 heavy (non-hydrogen) atoms. The van der Waals surface area contributed by atoms with Crippen LogP contribution in [0.15, 0.2) is 66.4 Å². The van der Waals surface area contributed by atoms with Gasteiger partial charge in [0.15, 0.2) is 17.6 Å². The second kappa shape index (κ2) is 6.12. The maximum absolute atomic E-state index is 11.8. The summed E-state index contributed by atoms with van der Waals surface area (Å²) in [6.45, 7) is 0. The molecule has 0 bridgehead atoms. The van der Waals surface area contributed by atoms with Crippen LogP contribution in [0.3, 0.4) is 0 Å². The first kappa shape index (κ1) is 15.5. The number of fused-ring (bicyclic) bond motifs is 2. The highest BCUT2D eigenvalue weighted by Gasteiger charge is 2.28. The lowest BCUT2D eigenvalue weighted by atomic mass is 9.96. The molecule has 0 amide bonds. The number of hydrogen-bond donors (Lipinski definition) is 1. The lowest BCUT2D eigenvalue weighted by Crippen LogP contribution is -2.24. The molecule has 0 aliphatic carbocycles. The first-order valence-electron chi connectivity index (χ1n) is 7.88. The Kier molecular flexibility index (Phi) is 3.80. The summed E-state index contributed by atoms with van der Waals surface area (Å²) in [5.41, 5.74) is 1.61. The van der Waals surface area contributed by atoms with Gasteiger partial charge in [-0.25, -0.2) is 0 Å². The van der Waals surface area contributed by atoms with E-state index in [-0.39, 0.29) is 10.9 Å². The van der Waals surface area contributed by atoms with Gasteiger partial charge in [0, 0.05) is 11.1 Å². The molecule has 1 N–H and O–H groups in total. The smallest absolute Gasteiger partial charge is 0.169 e. The van der Waals surface area contributed by atoms with Gasteiger partial charge in [-0.2, -0.15) is 0 Å². The van der Waals surface area contributed by atoms with E-state index in [2.05, 4.69) is 0 Å². The highest BCUT2D eigenvalue weighted by molar-refractivity contribution is 5.87. The van der Waals surface area contributed by atoms with Crippen molar-refractivity contribution in [2.24, 2.45) is 0 Å². The lowest BCUT2D eigenvalue weighted by Gasteiger charge is -2.35. The molecule has 0 fully saturated rings. The van der Waals surface area contributed by atoms with Crippen LogP contribution in [0, 0.1) is 5.21 Å². The molecule has 0 saturated carbocycles. The summed E-state index contributed by atoms with van der Waals surface area (Å²) in [5.74, 6) is 1.13. The van der Waals surface area contributed by atoms with Crippen molar-refractivity contribution in [1.82, 2.24) is 5.23 Å². The van der Waals surface area contributed by atoms with Crippen molar-refractivity contribution in [3.05, 3.63) is 82.7 Å². The average molecular weight is 334 g/mol. The average Bonchev–Trinajstić information content (AvgIpc) is 2.66. The van der Waals surface area contributed by atoms with Crippen molar-refractivity contribution in [3.8, 4) is 11.5 Å². The van der Waals surface area contributed by atoms with E-state index in [0.29, 0.717) is 17.1 Å². The number of rotatable bonds is 3. The van der Waals surface area contributed by atoms with Gasteiger partial charge < -0.3 is 19.9 Å². The molecule has 126 valence electrons. The van der Waals surface area contributed by atoms with Crippen LogP contribution in [0.4, 0.5) is 0 Å². The van der Waals surface area contributed by atoms with Gasteiger partial charge >= 0.3 is 0 Å². The molecule has 1 aliphatic heterocycles. The summed E-state index contributed by atoms with van der Waals surface area (Å²) >= 11 is 0. The van der Waals surface area contributed by atoms with Gasteiger partial charge in [-0.05, 0) is 22.9 Å². The van der Waals surface area contributed by atoms with Crippen molar-refractivity contribution in [2.75, 3.05) is 7.11 Å². The Labute approximate surface area is 144 Å². The Hall–Kier alpha value is -3.02. The van der Waals surface area contributed by atoms with Crippen LogP contribution < -0.4 is 9.47 Å². The summed E-state index contributed by atoms with van der Waals surface area (Å²) in [6.07, 6.45) is 0.887. The van der Waals surface area contributed by atoms with Crippen LogP contribution in [0.5, 0.6) is 11.5 Å². The molecule has 0 saturated heterocycles. The molecule has 0 aromatic heterocycles. The minimum absolute atomic E-state index is 0.122. The third-order valence-corrected chi connectivity index (χ3v) is 4.36. The van der Waals surface area contributed by atoms with Crippen molar-refractivity contribution >= 4 is 16.8 Å². The first-order chi connectivity index (χ1) is 12.2. The van der Waals surface area contributed by atoms with Crippen LogP contribution in [-0.2, 0) is 0 Å². The Morgan fingerprint density at radius 3 is 2.60 bits per heavy atom. The van der Waals surface area contributed by atoms with Crippen LogP contribution in [-0.4, -0.2) is 17.5 Å². The van der Waals surface area contributed by atoms with E-state index in [1.807, 2.05) is 42.5 Å². The van der Waals surface area contributed by atoms with Gasteiger partial charge in [0.25, 0.3) is 0 Å². The topological polar surface area (TPSA) is 65.0 Å². The van der Waals surface area contributed by atoms with E-state index in [4.69, 9.17) is 9.47 Å². The zero-order chi connectivity index (χ0) is 17.4. The van der Waals surface area contributed by atoms with Gasteiger partial charge in [0.05, 0.1) is 12.8 Å². The Morgan fingerprint density at radius 1 is 1.04 bits per heavy atom. The van der Waals surface area contributed by atoms with Crippen LogP contribution in [0.25, 0.3) is 16.8 Å². The maximum atomic E-state index is 11.8. The van der Waals surface area contributed by atoms with E-state index in [1.165, 1.54) is 0 Å². The number of hydrogen-bond acceptors (Lipinski definition) is 5. The monoisotopic (exact) mass is 334 g/mol. The molecular weight excluding hydrogens is 318 g/mol. The largest absolute Gasteiger partial charge is 0.734 e. The highest BCUT2D eigenvalue weighted by atomic mass is 16.8. The number of ether oxygens (including phenoxy) is 2. The van der Waals surface area contributed by atoms with Gasteiger partial charge in [-0.15, -0.1) is 0 Å². The van der Waals surface area contributed by atoms with Gasteiger partial charge in [-0.1, -0.05) is 54.6 Å². The molecule has 3 aromatic carbocycles. The highest BCUT2D eigenvalue weighted by Crippen LogP contribution is 2.44. The molecule has 1 aliphatic rings. The predicted octanol–water partition coefficient (Wildman–Crippen LogP) is 4.51. The molecule has 5 nitrogen and oxygen atoms in total.